The van der Waals surface area contributed by atoms with Crippen LogP contribution < -0.4 is 10.5 Å². The quantitative estimate of drug-likeness (QED) is 0.321. The summed E-state index contributed by atoms with van der Waals surface area (Å²) in [5, 5.41) is 14.9. The van der Waals surface area contributed by atoms with Gasteiger partial charge >= 0.3 is 6.09 Å². The summed E-state index contributed by atoms with van der Waals surface area (Å²) in [7, 11) is 1.53. The molecule has 4 rings (SSSR count). The number of aromatic nitrogens is 5. The van der Waals surface area contributed by atoms with Crippen LogP contribution in [0.4, 0.5) is 4.79 Å². The number of amides is 2. The van der Waals surface area contributed by atoms with E-state index in [9.17, 15) is 9.59 Å². The Bertz CT molecular complexity index is 1370. The van der Waals surface area contributed by atoms with Crippen LogP contribution in [0.25, 0.3) is 33.5 Å². The predicted molar refractivity (Wildman–Crippen MR) is 127 cm³/mol. The molecule has 11 heteroatoms. The van der Waals surface area contributed by atoms with Crippen molar-refractivity contribution in [3.05, 3.63) is 35.7 Å². The van der Waals surface area contributed by atoms with Gasteiger partial charge in [-0.3, -0.25) is 9.48 Å². The van der Waals surface area contributed by atoms with E-state index in [1.165, 1.54) is 11.9 Å². The van der Waals surface area contributed by atoms with Crippen molar-refractivity contribution in [3.63, 3.8) is 0 Å². The Kier molecular flexibility index (Phi) is 6.35. The molecule has 0 aliphatic carbocycles. The molecule has 3 heterocycles. The average molecular weight is 466 g/mol. The van der Waals surface area contributed by atoms with Gasteiger partial charge in [0.2, 0.25) is 5.91 Å². The maximum Gasteiger partial charge on any atom is 0.407 e. The molecule has 0 aliphatic rings. The number of benzene rings is 1. The highest BCUT2D eigenvalue weighted by molar-refractivity contribution is 6.11. The fourth-order valence-corrected chi connectivity index (χ4v) is 3.82. The van der Waals surface area contributed by atoms with E-state index in [1.807, 2.05) is 24.6 Å². The molecule has 0 aliphatic heterocycles. The molecule has 0 saturated heterocycles. The van der Waals surface area contributed by atoms with Crippen LogP contribution in [0.1, 0.15) is 35.8 Å². The van der Waals surface area contributed by atoms with E-state index in [-0.39, 0.29) is 0 Å². The third-order valence-corrected chi connectivity index (χ3v) is 5.61. The molecular weight excluding hydrogens is 438 g/mol. The van der Waals surface area contributed by atoms with E-state index in [4.69, 9.17) is 20.6 Å². The van der Waals surface area contributed by atoms with Crippen LogP contribution in [0.3, 0.4) is 0 Å². The standard InChI is InChI=1S/C23H27N7O4/c1-4-30-17(9-13(2)28-30)22-25-12-16-15-10-14(20(24)31)11-18(19(15)26-21(16)27-22)34-8-6-5-7-29(3)23(32)33/h9-12H,4-8H2,1-3H3,(H2,24,31)(H,32,33)(H,25,26,27). The van der Waals surface area contributed by atoms with Crippen LogP contribution in [0.2, 0.25) is 0 Å². The minimum atomic E-state index is -0.965. The number of ether oxygens (including phenoxy) is 1. The van der Waals surface area contributed by atoms with Crippen LogP contribution in [-0.4, -0.2) is 66.9 Å². The molecule has 0 radical (unpaired) electrons. The summed E-state index contributed by atoms with van der Waals surface area (Å²) in [6.07, 6.45) is 2.04. The van der Waals surface area contributed by atoms with Crippen molar-refractivity contribution >= 4 is 33.9 Å². The number of unbranched alkanes of at least 4 members (excludes halogenated alkanes) is 1. The summed E-state index contributed by atoms with van der Waals surface area (Å²) in [5.41, 5.74) is 8.87. The minimum Gasteiger partial charge on any atom is -0.491 e. The topological polar surface area (TPSA) is 152 Å². The number of aryl methyl sites for hydroxylation is 2. The van der Waals surface area contributed by atoms with Crippen molar-refractivity contribution in [2.75, 3.05) is 20.2 Å². The third-order valence-electron chi connectivity index (χ3n) is 5.61. The first-order valence-corrected chi connectivity index (χ1v) is 11.0. The van der Waals surface area contributed by atoms with Gasteiger partial charge in [0.15, 0.2) is 5.82 Å². The van der Waals surface area contributed by atoms with Gasteiger partial charge in [-0.05, 0) is 44.9 Å². The Morgan fingerprint density at radius 3 is 2.74 bits per heavy atom. The Morgan fingerprint density at radius 1 is 1.24 bits per heavy atom. The van der Waals surface area contributed by atoms with E-state index in [2.05, 4.69) is 15.1 Å². The summed E-state index contributed by atoms with van der Waals surface area (Å²) in [5.74, 6) is 0.456. The van der Waals surface area contributed by atoms with Crippen LogP contribution >= 0.6 is 0 Å². The van der Waals surface area contributed by atoms with Crippen molar-refractivity contribution in [2.45, 2.75) is 33.2 Å². The molecular formula is C23H27N7O4. The number of H-pyrrole nitrogens is 1. The molecule has 0 spiro atoms. The number of rotatable bonds is 9. The number of nitrogens with zero attached hydrogens (tertiary/aromatic N) is 5. The van der Waals surface area contributed by atoms with Gasteiger partial charge in [0.1, 0.15) is 17.1 Å². The maximum absolute atomic E-state index is 11.9. The third kappa shape index (κ3) is 4.49. The highest BCUT2D eigenvalue weighted by atomic mass is 16.5. The normalized spacial score (nSPS) is 11.3. The molecule has 11 nitrogen and oxygen atoms in total. The highest BCUT2D eigenvalue weighted by Gasteiger charge is 2.17. The van der Waals surface area contributed by atoms with Crippen molar-refractivity contribution in [2.24, 2.45) is 5.73 Å². The summed E-state index contributed by atoms with van der Waals surface area (Å²) >= 11 is 0. The second kappa shape index (κ2) is 9.38. The Labute approximate surface area is 195 Å². The van der Waals surface area contributed by atoms with Crippen LogP contribution in [0, 0.1) is 6.92 Å². The smallest absolute Gasteiger partial charge is 0.407 e. The summed E-state index contributed by atoms with van der Waals surface area (Å²) in [4.78, 5) is 36.6. The molecule has 34 heavy (non-hydrogen) atoms. The molecule has 4 N–H and O–H groups in total. The molecule has 1 aromatic carbocycles. The zero-order valence-corrected chi connectivity index (χ0v) is 19.3. The van der Waals surface area contributed by atoms with Gasteiger partial charge in [-0.25, -0.2) is 14.8 Å². The van der Waals surface area contributed by atoms with E-state index >= 15 is 0 Å². The number of carboxylic acid groups (broad SMARTS) is 1. The number of nitrogens with one attached hydrogen (secondary N) is 1. The molecule has 2 amide bonds. The van der Waals surface area contributed by atoms with Crippen molar-refractivity contribution < 1.29 is 19.4 Å². The number of hydrogen-bond acceptors (Lipinski definition) is 6. The van der Waals surface area contributed by atoms with Gasteiger partial charge < -0.3 is 25.5 Å². The van der Waals surface area contributed by atoms with Crippen molar-refractivity contribution in [1.29, 1.82) is 0 Å². The fourth-order valence-electron chi connectivity index (χ4n) is 3.82. The minimum absolute atomic E-state index is 0.317. The maximum atomic E-state index is 11.9. The first kappa shape index (κ1) is 23.0. The Hall–Kier alpha value is -4.15. The van der Waals surface area contributed by atoms with Crippen LogP contribution in [-0.2, 0) is 6.54 Å². The van der Waals surface area contributed by atoms with Gasteiger partial charge in [0.25, 0.3) is 0 Å². The lowest BCUT2D eigenvalue weighted by molar-refractivity contribution is 0.1000. The van der Waals surface area contributed by atoms with Crippen molar-refractivity contribution in [1.82, 2.24) is 29.6 Å². The summed E-state index contributed by atoms with van der Waals surface area (Å²) in [6, 6.07) is 5.25. The summed E-state index contributed by atoms with van der Waals surface area (Å²) in [6.45, 7) is 5.39. The zero-order valence-electron chi connectivity index (χ0n) is 19.3. The van der Waals surface area contributed by atoms with E-state index in [0.717, 1.165) is 22.2 Å². The fraction of sp³-hybridized carbons (Fsp3) is 0.348. The van der Waals surface area contributed by atoms with Gasteiger partial charge in [-0.2, -0.15) is 5.10 Å². The molecule has 3 aromatic heterocycles. The van der Waals surface area contributed by atoms with E-state index < -0.39 is 12.0 Å². The predicted octanol–water partition coefficient (Wildman–Crippen LogP) is 3.17. The highest BCUT2D eigenvalue weighted by Crippen LogP contribution is 2.33. The molecule has 0 unspecified atom stereocenters. The zero-order chi connectivity index (χ0) is 24.4. The largest absolute Gasteiger partial charge is 0.491 e. The molecule has 0 fully saturated rings. The lowest BCUT2D eigenvalue weighted by Gasteiger charge is -2.13. The molecule has 0 bridgehead atoms. The van der Waals surface area contributed by atoms with Gasteiger partial charge in [0, 0.05) is 42.7 Å². The number of nitrogens with two attached hydrogens (primary N) is 1. The average Bonchev–Trinajstić information content (AvgIpc) is 3.37. The Balaban J connectivity index is 1.66. The monoisotopic (exact) mass is 465 g/mol. The lowest BCUT2D eigenvalue weighted by Crippen LogP contribution is -2.25. The van der Waals surface area contributed by atoms with Crippen LogP contribution in [0.15, 0.2) is 24.4 Å². The number of primary amides is 1. The van der Waals surface area contributed by atoms with Crippen molar-refractivity contribution in [3.8, 4) is 17.3 Å². The van der Waals surface area contributed by atoms with E-state index in [1.54, 1.807) is 18.3 Å². The number of carbonyl (C=O) groups excluding carboxylic acids is 1. The van der Waals surface area contributed by atoms with Gasteiger partial charge in [0.05, 0.1) is 17.8 Å². The van der Waals surface area contributed by atoms with Gasteiger partial charge in [-0.1, -0.05) is 0 Å². The molecule has 178 valence electrons. The lowest BCUT2D eigenvalue weighted by atomic mass is 10.1. The molecule has 0 atom stereocenters. The SMILES string of the molecule is CCn1nc(C)cc1-c1ncc2c(n1)[nH]c1c(OCCCCN(C)C(=O)O)cc(C(N)=O)cc12. The van der Waals surface area contributed by atoms with Gasteiger partial charge in [-0.15, -0.1) is 0 Å². The number of carbonyl (C=O) groups is 2. The molecule has 0 saturated carbocycles. The van der Waals surface area contributed by atoms with E-state index in [0.29, 0.717) is 60.8 Å². The van der Waals surface area contributed by atoms with Crippen LogP contribution in [0.5, 0.6) is 5.75 Å². The second-order valence-corrected chi connectivity index (χ2v) is 8.09. The number of fused-ring (bicyclic) bond motifs is 3. The molecule has 4 aromatic rings. The number of aromatic amines is 1. The number of hydrogen-bond donors (Lipinski definition) is 3. The summed E-state index contributed by atoms with van der Waals surface area (Å²) < 4.78 is 7.82. The Morgan fingerprint density at radius 2 is 2.03 bits per heavy atom. The first-order valence-electron chi connectivity index (χ1n) is 11.0. The second-order valence-electron chi connectivity index (χ2n) is 8.09. The first-order chi connectivity index (χ1) is 16.3.